The third-order valence-corrected chi connectivity index (χ3v) is 3.09. The van der Waals surface area contributed by atoms with E-state index in [1.54, 1.807) is 6.92 Å². The van der Waals surface area contributed by atoms with E-state index in [1.807, 2.05) is 6.92 Å². The molecule has 3 atom stereocenters. The molecule has 1 aliphatic rings. The number of hydrogen-bond donors (Lipinski definition) is 1. The number of aromatic nitrogens is 2. The summed E-state index contributed by atoms with van der Waals surface area (Å²) in [6, 6.07) is 0. The molecule has 0 bridgehead atoms. The molecule has 1 fully saturated rings. The second-order valence-electron chi connectivity index (χ2n) is 4.51. The van der Waals surface area contributed by atoms with Gasteiger partial charge in [0.2, 0.25) is 5.89 Å². The van der Waals surface area contributed by atoms with Gasteiger partial charge in [0, 0.05) is 19.6 Å². The monoisotopic (exact) mass is 226 g/mol. The van der Waals surface area contributed by atoms with E-state index in [1.165, 1.54) is 0 Å². The number of hydrogen-bond acceptors (Lipinski definition) is 5. The van der Waals surface area contributed by atoms with Crippen molar-refractivity contribution in [2.24, 2.45) is 5.92 Å². The highest BCUT2D eigenvalue weighted by molar-refractivity contribution is 4.95. The van der Waals surface area contributed by atoms with Crippen molar-refractivity contribution in [3.05, 3.63) is 11.7 Å². The van der Waals surface area contributed by atoms with Crippen molar-refractivity contribution in [1.29, 1.82) is 0 Å². The standard InChI is InChI=1S/C11H18N2O3/c1-7(8(2)14)11-12-10(13-16-11)5-9-3-4-15-6-9/h7-9,14H,3-6H2,1-2H3. The van der Waals surface area contributed by atoms with Gasteiger partial charge in [-0.25, -0.2) is 0 Å². The first-order chi connectivity index (χ1) is 7.66. The molecule has 5 nitrogen and oxygen atoms in total. The van der Waals surface area contributed by atoms with Crippen LogP contribution in [0.4, 0.5) is 0 Å². The molecule has 0 amide bonds. The fourth-order valence-corrected chi connectivity index (χ4v) is 1.74. The lowest BCUT2D eigenvalue weighted by molar-refractivity contribution is 0.151. The summed E-state index contributed by atoms with van der Waals surface area (Å²) in [6.45, 7) is 5.22. The Morgan fingerprint density at radius 2 is 2.31 bits per heavy atom. The highest BCUT2D eigenvalue weighted by Crippen LogP contribution is 2.20. The molecule has 0 aliphatic carbocycles. The molecule has 3 unspecified atom stereocenters. The van der Waals surface area contributed by atoms with Crippen molar-refractivity contribution < 1.29 is 14.4 Å². The maximum absolute atomic E-state index is 9.42. The summed E-state index contributed by atoms with van der Waals surface area (Å²) >= 11 is 0. The predicted octanol–water partition coefficient (Wildman–Crippen LogP) is 1.13. The number of aliphatic hydroxyl groups is 1. The first-order valence-electron chi connectivity index (χ1n) is 5.75. The van der Waals surface area contributed by atoms with Gasteiger partial charge in [-0.3, -0.25) is 0 Å². The number of aliphatic hydroxyl groups excluding tert-OH is 1. The van der Waals surface area contributed by atoms with Crippen LogP contribution in [0.3, 0.4) is 0 Å². The minimum atomic E-state index is -0.469. The van der Waals surface area contributed by atoms with Crippen LogP contribution in [0.2, 0.25) is 0 Å². The molecule has 0 spiro atoms. The maximum atomic E-state index is 9.42. The first kappa shape index (κ1) is 11.5. The van der Waals surface area contributed by atoms with E-state index in [9.17, 15) is 5.11 Å². The molecule has 2 rings (SSSR count). The summed E-state index contributed by atoms with van der Waals surface area (Å²) < 4.78 is 10.4. The van der Waals surface area contributed by atoms with Crippen LogP contribution in [-0.4, -0.2) is 34.6 Å². The molecule has 1 aliphatic heterocycles. The molecule has 1 aromatic heterocycles. The van der Waals surface area contributed by atoms with Crippen molar-refractivity contribution in [2.75, 3.05) is 13.2 Å². The minimum Gasteiger partial charge on any atom is -0.393 e. The van der Waals surface area contributed by atoms with Gasteiger partial charge >= 0.3 is 0 Å². The summed E-state index contributed by atoms with van der Waals surface area (Å²) in [5.41, 5.74) is 0. The Balaban J connectivity index is 1.96. The largest absolute Gasteiger partial charge is 0.393 e. The van der Waals surface area contributed by atoms with Crippen LogP contribution in [0.5, 0.6) is 0 Å². The second-order valence-corrected chi connectivity index (χ2v) is 4.51. The van der Waals surface area contributed by atoms with Crippen LogP contribution in [-0.2, 0) is 11.2 Å². The van der Waals surface area contributed by atoms with E-state index in [0.717, 1.165) is 31.9 Å². The number of nitrogens with zero attached hydrogens (tertiary/aromatic N) is 2. The molecule has 90 valence electrons. The zero-order valence-electron chi connectivity index (χ0n) is 9.72. The SMILES string of the molecule is CC(O)C(C)c1nc(CC2CCOC2)no1. The molecule has 1 saturated heterocycles. The Hall–Kier alpha value is -0.940. The topological polar surface area (TPSA) is 68.4 Å². The Morgan fingerprint density at radius 1 is 1.50 bits per heavy atom. The highest BCUT2D eigenvalue weighted by Gasteiger charge is 2.22. The minimum absolute atomic E-state index is 0.110. The maximum Gasteiger partial charge on any atom is 0.232 e. The zero-order valence-corrected chi connectivity index (χ0v) is 9.72. The lowest BCUT2D eigenvalue weighted by Crippen LogP contribution is -2.11. The molecule has 2 heterocycles. The van der Waals surface area contributed by atoms with E-state index in [0.29, 0.717) is 11.8 Å². The quantitative estimate of drug-likeness (QED) is 0.833. The van der Waals surface area contributed by atoms with Crippen molar-refractivity contribution in [1.82, 2.24) is 10.1 Å². The first-order valence-corrected chi connectivity index (χ1v) is 5.75. The molecule has 5 heteroatoms. The summed E-state index contributed by atoms with van der Waals surface area (Å²) in [4.78, 5) is 4.30. The van der Waals surface area contributed by atoms with Gasteiger partial charge in [0.15, 0.2) is 5.82 Å². The number of rotatable bonds is 4. The van der Waals surface area contributed by atoms with Gasteiger partial charge < -0.3 is 14.4 Å². The van der Waals surface area contributed by atoms with E-state index < -0.39 is 6.10 Å². The van der Waals surface area contributed by atoms with Crippen LogP contribution < -0.4 is 0 Å². The normalized spacial score (nSPS) is 24.6. The van der Waals surface area contributed by atoms with Gasteiger partial charge in [-0.2, -0.15) is 4.98 Å². The summed E-state index contributed by atoms with van der Waals surface area (Å²) in [5.74, 6) is 1.63. The molecule has 0 radical (unpaired) electrons. The van der Waals surface area contributed by atoms with Gasteiger partial charge in [-0.15, -0.1) is 0 Å². The Labute approximate surface area is 94.8 Å². The van der Waals surface area contributed by atoms with E-state index in [4.69, 9.17) is 9.26 Å². The molecule has 0 aromatic carbocycles. The number of ether oxygens (including phenoxy) is 1. The van der Waals surface area contributed by atoms with Gasteiger partial charge in [0.25, 0.3) is 0 Å². The molecule has 0 saturated carbocycles. The van der Waals surface area contributed by atoms with Crippen LogP contribution in [0.1, 0.15) is 37.9 Å². The summed E-state index contributed by atoms with van der Waals surface area (Å²) in [6.07, 6.45) is 1.40. The van der Waals surface area contributed by atoms with Crippen LogP contribution >= 0.6 is 0 Å². The van der Waals surface area contributed by atoms with Crippen molar-refractivity contribution >= 4 is 0 Å². The van der Waals surface area contributed by atoms with Crippen LogP contribution in [0.15, 0.2) is 4.52 Å². The molecular formula is C11H18N2O3. The fourth-order valence-electron chi connectivity index (χ4n) is 1.74. The van der Waals surface area contributed by atoms with Gasteiger partial charge in [0.1, 0.15) is 0 Å². The fraction of sp³-hybridized carbons (Fsp3) is 0.818. The lowest BCUT2D eigenvalue weighted by atomic mass is 10.0. The third-order valence-electron chi connectivity index (χ3n) is 3.09. The molecular weight excluding hydrogens is 208 g/mol. The van der Waals surface area contributed by atoms with Crippen molar-refractivity contribution in [3.8, 4) is 0 Å². The van der Waals surface area contributed by atoms with Crippen molar-refractivity contribution in [2.45, 2.75) is 38.7 Å². The average Bonchev–Trinajstić information content (AvgIpc) is 2.88. The third kappa shape index (κ3) is 2.59. The van der Waals surface area contributed by atoms with Crippen LogP contribution in [0.25, 0.3) is 0 Å². The molecule has 16 heavy (non-hydrogen) atoms. The lowest BCUT2D eigenvalue weighted by Gasteiger charge is -2.08. The Kier molecular flexibility index (Phi) is 3.56. The van der Waals surface area contributed by atoms with Gasteiger partial charge in [-0.1, -0.05) is 12.1 Å². The van der Waals surface area contributed by atoms with E-state index >= 15 is 0 Å². The molecule has 1 aromatic rings. The smallest absolute Gasteiger partial charge is 0.232 e. The van der Waals surface area contributed by atoms with Gasteiger partial charge in [-0.05, 0) is 19.3 Å². The average molecular weight is 226 g/mol. The second kappa shape index (κ2) is 4.93. The highest BCUT2D eigenvalue weighted by atomic mass is 16.5. The Bertz CT molecular complexity index is 332. The van der Waals surface area contributed by atoms with E-state index in [-0.39, 0.29) is 5.92 Å². The van der Waals surface area contributed by atoms with Crippen molar-refractivity contribution in [3.63, 3.8) is 0 Å². The summed E-state index contributed by atoms with van der Waals surface area (Å²) in [7, 11) is 0. The van der Waals surface area contributed by atoms with Crippen LogP contribution in [0, 0.1) is 5.92 Å². The zero-order chi connectivity index (χ0) is 11.5. The summed E-state index contributed by atoms with van der Waals surface area (Å²) in [5, 5.41) is 13.4. The van der Waals surface area contributed by atoms with E-state index in [2.05, 4.69) is 10.1 Å². The molecule has 1 N–H and O–H groups in total. The van der Waals surface area contributed by atoms with Gasteiger partial charge in [0.05, 0.1) is 12.0 Å². The predicted molar refractivity (Wildman–Crippen MR) is 57.0 cm³/mol. The Morgan fingerprint density at radius 3 is 2.94 bits per heavy atom.